The van der Waals surface area contributed by atoms with Gasteiger partial charge in [-0.25, -0.2) is 0 Å². The van der Waals surface area contributed by atoms with Crippen LogP contribution in [0.2, 0.25) is 0 Å². The number of alkyl halides is 1. The molecule has 2 nitrogen and oxygen atoms in total. The SMILES string of the molecule is CCC(Br)CC(C)(CC)C(N)=O. The van der Waals surface area contributed by atoms with Crippen molar-refractivity contribution in [2.24, 2.45) is 11.1 Å². The second-order valence-corrected chi connectivity index (χ2v) is 4.78. The van der Waals surface area contributed by atoms with Gasteiger partial charge in [0, 0.05) is 10.2 Å². The van der Waals surface area contributed by atoms with Crippen molar-refractivity contribution in [3.8, 4) is 0 Å². The molecule has 1 amide bonds. The van der Waals surface area contributed by atoms with Crippen LogP contribution in [0.15, 0.2) is 0 Å². The number of carbonyl (C=O) groups excluding carboxylic acids is 1. The van der Waals surface area contributed by atoms with Crippen LogP contribution in [0.3, 0.4) is 0 Å². The lowest BCUT2D eigenvalue weighted by molar-refractivity contribution is -0.127. The minimum atomic E-state index is -0.343. The van der Waals surface area contributed by atoms with Gasteiger partial charge in [0.25, 0.3) is 0 Å². The minimum Gasteiger partial charge on any atom is -0.369 e. The molecule has 0 bridgehead atoms. The van der Waals surface area contributed by atoms with E-state index >= 15 is 0 Å². The smallest absolute Gasteiger partial charge is 0.223 e. The summed E-state index contributed by atoms with van der Waals surface area (Å²) in [5.74, 6) is -0.192. The van der Waals surface area contributed by atoms with E-state index in [1.165, 1.54) is 0 Å². The molecular weight excluding hydrogens is 218 g/mol. The van der Waals surface area contributed by atoms with Crippen molar-refractivity contribution in [2.75, 3.05) is 0 Å². The van der Waals surface area contributed by atoms with E-state index in [0.29, 0.717) is 4.83 Å². The fourth-order valence-corrected chi connectivity index (χ4v) is 1.77. The first kappa shape index (κ1) is 11.9. The quantitative estimate of drug-likeness (QED) is 0.732. The maximum atomic E-state index is 11.1. The van der Waals surface area contributed by atoms with Crippen LogP contribution in [0.4, 0.5) is 0 Å². The molecule has 0 spiro atoms. The lowest BCUT2D eigenvalue weighted by Gasteiger charge is -2.26. The van der Waals surface area contributed by atoms with Crippen LogP contribution in [0.5, 0.6) is 0 Å². The molecule has 72 valence electrons. The Hall–Kier alpha value is -0.0500. The van der Waals surface area contributed by atoms with E-state index < -0.39 is 0 Å². The van der Waals surface area contributed by atoms with E-state index in [1.54, 1.807) is 0 Å². The Balaban J connectivity index is 4.23. The van der Waals surface area contributed by atoms with E-state index in [1.807, 2.05) is 13.8 Å². The van der Waals surface area contributed by atoms with Crippen molar-refractivity contribution < 1.29 is 4.79 Å². The fraction of sp³-hybridized carbons (Fsp3) is 0.889. The van der Waals surface area contributed by atoms with Gasteiger partial charge in [-0.3, -0.25) is 4.79 Å². The maximum absolute atomic E-state index is 11.1. The molecule has 0 saturated heterocycles. The Bertz CT molecular complexity index is 161. The van der Waals surface area contributed by atoms with Crippen molar-refractivity contribution >= 4 is 21.8 Å². The summed E-state index contributed by atoms with van der Waals surface area (Å²) in [6.07, 6.45) is 2.67. The maximum Gasteiger partial charge on any atom is 0.223 e. The van der Waals surface area contributed by atoms with Crippen molar-refractivity contribution in [1.82, 2.24) is 0 Å². The summed E-state index contributed by atoms with van der Waals surface area (Å²) in [7, 11) is 0. The molecular formula is C9H18BrNO. The van der Waals surface area contributed by atoms with Crippen LogP contribution >= 0.6 is 15.9 Å². The van der Waals surface area contributed by atoms with Crippen molar-refractivity contribution in [1.29, 1.82) is 0 Å². The van der Waals surface area contributed by atoms with E-state index in [-0.39, 0.29) is 11.3 Å². The van der Waals surface area contributed by atoms with Gasteiger partial charge in [-0.1, -0.05) is 36.7 Å². The Morgan fingerprint density at radius 3 is 2.33 bits per heavy atom. The summed E-state index contributed by atoms with van der Waals surface area (Å²) in [5, 5.41) is 0. The number of carbonyl (C=O) groups is 1. The van der Waals surface area contributed by atoms with Crippen LogP contribution < -0.4 is 5.73 Å². The normalized spacial score (nSPS) is 18.3. The van der Waals surface area contributed by atoms with Crippen molar-refractivity contribution in [3.63, 3.8) is 0 Å². The van der Waals surface area contributed by atoms with Gasteiger partial charge in [-0.05, 0) is 19.3 Å². The summed E-state index contributed by atoms with van der Waals surface area (Å²) in [6.45, 7) is 6.02. The first-order chi connectivity index (χ1) is 5.46. The van der Waals surface area contributed by atoms with Gasteiger partial charge >= 0.3 is 0 Å². The molecule has 0 aromatic heterocycles. The number of rotatable bonds is 5. The topological polar surface area (TPSA) is 43.1 Å². The van der Waals surface area contributed by atoms with Crippen molar-refractivity contribution in [2.45, 2.75) is 44.9 Å². The number of amides is 1. The lowest BCUT2D eigenvalue weighted by atomic mass is 9.82. The number of halogens is 1. The molecule has 0 aliphatic rings. The summed E-state index contributed by atoms with van der Waals surface area (Å²) in [6, 6.07) is 0. The molecule has 3 heteroatoms. The Labute approximate surface area is 83.0 Å². The highest BCUT2D eigenvalue weighted by atomic mass is 79.9. The lowest BCUT2D eigenvalue weighted by Crippen LogP contribution is -2.35. The monoisotopic (exact) mass is 235 g/mol. The highest BCUT2D eigenvalue weighted by Crippen LogP contribution is 2.30. The molecule has 0 aliphatic carbocycles. The molecule has 12 heavy (non-hydrogen) atoms. The van der Waals surface area contributed by atoms with Gasteiger partial charge in [0.2, 0.25) is 5.91 Å². The van der Waals surface area contributed by atoms with Crippen molar-refractivity contribution in [3.05, 3.63) is 0 Å². The van der Waals surface area contributed by atoms with Gasteiger partial charge < -0.3 is 5.73 Å². The summed E-state index contributed by atoms with van der Waals surface area (Å²) in [4.78, 5) is 11.5. The third kappa shape index (κ3) is 3.13. The first-order valence-corrected chi connectivity index (χ1v) is 5.31. The van der Waals surface area contributed by atoms with Gasteiger partial charge in [0.1, 0.15) is 0 Å². The molecule has 0 aliphatic heterocycles. The zero-order valence-corrected chi connectivity index (χ0v) is 9.65. The third-order valence-corrected chi connectivity index (χ3v) is 3.46. The number of primary amides is 1. The van der Waals surface area contributed by atoms with E-state index in [4.69, 9.17) is 5.73 Å². The Morgan fingerprint density at radius 2 is 2.08 bits per heavy atom. The van der Waals surface area contributed by atoms with Gasteiger partial charge in [0.05, 0.1) is 0 Å². The Kier molecular flexibility index (Phi) is 4.83. The van der Waals surface area contributed by atoms with Crippen LogP contribution in [0.1, 0.15) is 40.0 Å². The standard InChI is InChI=1S/C9H18BrNO/c1-4-7(10)6-9(3,5-2)8(11)12/h7H,4-6H2,1-3H3,(H2,11,12). The molecule has 0 fully saturated rings. The molecule has 0 heterocycles. The van der Waals surface area contributed by atoms with Gasteiger partial charge in [-0.2, -0.15) is 0 Å². The molecule has 2 unspecified atom stereocenters. The van der Waals surface area contributed by atoms with Crippen LogP contribution in [-0.4, -0.2) is 10.7 Å². The zero-order valence-electron chi connectivity index (χ0n) is 8.06. The summed E-state index contributed by atoms with van der Waals surface area (Å²) < 4.78 is 0. The van der Waals surface area contributed by atoms with Gasteiger partial charge in [-0.15, -0.1) is 0 Å². The number of hydrogen-bond acceptors (Lipinski definition) is 1. The van der Waals surface area contributed by atoms with Crippen LogP contribution in [0, 0.1) is 5.41 Å². The largest absolute Gasteiger partial charge is 0.369 e. The van der Waals surface area contributed by atoms with E-state index in [9.17, 15) is 4.79 Å². The molecule has 0 saturated carbocycles. The van der Waals surface area contributed by atoms with E-state index in [0.717, 1.165) is 19.3 Å². The summed E-state index contributed by atoms with van der Waals surface area (Å²) >= 11 is 3.51. The average molecular weight is 236 g/mol. The molecule has 0 aromatic rings. The highest BCUT2D eigenvalue weighted by Gasteiger charge is 2.30. The van der Waals surface area contributed by atoms with E-state index in [2.05, 4.69) is 22.9 Å². The summed E-state index contributed by atoms with van der Waals surface area (Å²) in [5.41, 5.74) is 4.98. The third-order valence-electron chi connectivity index (χ3n) is 2.49. The molecule has 2 N–H and O–H groups in total. The second kappa shape index (κ2) is 4.85. The molecule has 2 atom stereocenters. The van der Waals surface area contributed by atoms with Crippen LogP contribution in [0.25, 0.3) is 0 Å². The Morgan fingerprint density at radius 1 is 1.58 bits per heavy atom. The predicted octanol–water partition coefficient (Wildman–Crippen LogP) is 2.45. The molecule has 0 rings (SSSR count). The minimum absolute atomic E-state index is 0.192. The number of hydrogen-bond donors (Lipinski definition) is 1. The van der Waals surface area contributed by atoms with Crippen LogP contribution in [-0.2, 0) is 4.79 Å². The molecule has 0 aromatic carbocycles. The first-order valence-electron chi connectivity index (χ1n) is 4.40. The molecule has 0 radical (unpaired) electrons. The second-order valence-electron chi connectivity index (χ2n) is 3.49. The zero-order chi connectivity index (χ0) is 9.78. The predicted molar refractivity (Wildman–Crippen MR) is 55.2 cm³/mol. The van der Waals surface area contributed by atoms with Gasteiger partial charge in [0.15, 0.2) is 0 Å². The fourth-order valence-electron chi connectivity index (χ4n) is 1.05. The highest BCUT2D eigenvalue weighted by molar-refractivity contribution is 9.09. The number of nitrogens with two attached hydrogens (primary N) is 1. The average Bonchev–Trinajstić information content (AvgIpc) is 2.03.